The number of aryl methyl sites for hydroxylation is 1. The van der Waals surface area contributed by atoms with Gasteiger partial charge in [-0.25, -0.2) is 0 Å². The zero-order chi connectivity index (χ0) is 13.0. The molecule has 2 aromatic carbocycles. The highest BCUT2D eigenvalue weighted by molar-refractivity contribution is 5.50. The molecule has 0 heterocycles. The highest BCUT2D eigenvalue weighted by Crippen LogP contribution is 2.20. The van der Waals surface area contributed by atoms with Crippen LogP contribution < -0.4 is 15.2 Å². The van der Waals surface area contributed by atoms with Crippen molar-refractivity contribution >= 4 is 5.69 Å². The van der Waals surface area contributed by atoms with Crippen LogP contribution in [0.2, 0.25) is 0 Å². The lowest BCUT2D eigenvalue weighted by molar-refractivity contribution is 0.306. The van der Waals surface area contributed by atoms with E-state index in [-0.39, 0.29) is 0 Å². The average molecular weight is 243 g/mol. The summed E-state index contributed by atoms with van der Waals surface area (Å²) in [6.07, 6.45) is 0. The second-order valence-electron chi connectivity index (χ2n) is 4.16. The number of hydrogen-bond donors (Lipinski definition) is 1. The van der Waals surface area contributed by atoms with Crippen LogP contribution in [0.1, 0.15) is 11.1 Å². The summed E-state index contributed by atoms with van der Waals surface area (Å²) in [6.45, 7) is 2.50. The molecule has 94 valence electrons. The predicted octanol–water partition coefficient (Wildman–Crippen LogP) is 3.16. The molecule has 2 N–H and O–H groups in total. The van der Waals surface area contributed by atoms with Crippen molar-refractivity contribution in [2.45, 2.75) is 13.5 Å². The zero-order valence-corrected chi connectivity index (χ0v) is 10.6. The fourth-order valence-corrected chi connectivity index (χ4v) is 1.60. The van der Waals surface area contributed by atoms with Crippen molar-refractivity contribution in [3.63, 3.8) is 0 Å². The molecule has 0 aromatic heterocycles. The van der Waals surface area contributed by atoms with Crippen LogP contribution in [0, 0.1) is 6.92 Å². The molecule has 0 saturated heterocycles. The Hall–Kier alpha value is -2.16. The molecule has 0 fully saturated rings. The third kappa shape index (κ3) is 2.94. The van der Waals surface area contributed by atoms with Crippen molar-refractivity contribution in [3.05, 3.63) is 53.6 Å². The molecule has 0 radical (unpaired) electrons. The van der Waals surface area contributed by atoms with E-state index in [1.807, 2.05) is 49.4 Å². The topological polar surface area (TPSA) is 44.5 Å². The van der Waals surface area contributed by atoms with Crippen LogP contribution in [-0.4, -0.2) is 7.11 Å². The number of nitrogens with two attached hydrogens (primary N) is 1. The van der Waals surface area contributed by atoms with Gasteiger partial charge in [-0.05, 0) is 36.2 Å². The molecular formula is C15H17NO2. The van der Waals surface area contributed by atoms with Crippen molar-refractivity contribution in [2.75, 3.05) is 12.8 Å². The van der Waals surface area contributed by atoms with E-state index in [4.69, 9.17) is 15.2 Å². The van der Waals surface area contributed by atoms with Crippen LogP contribution in [-0.2, 0) is 6.61 Å². The van der Waals surface area contributed by atoms with E-state index in [1.54, 1.807) is 7.11 Å². The number of methoxy groups -OCH3 is 1. The van der Waals surface area contributed by atoms with Gasteiger partial charge in [-0.2, -0.15) is 0 Å². The highest BCUT2D eigenvalue weighted by atomic mass is 16.5. The van der Waals surface area contributed by atoms with Gasteiger partial charge in [0.1, 0.15) is 18.1 Å². The summed E-state index contributed by atoms with van der Waals surface area (Å²) < 4.78 is 10.8. The van der Waals surface area contributed by atoms with Crippen molar-refractivity contribution in [2.24, 2.45) is 0 Å². The quantitative estimate of drug-likeness (QED) is 0.839. The Morgan fingerprint density at radius 2 is 1.67 bits per heavy atom. The van der Waals surface area contributed by atoms with Crippen LogP contribution in [0.5, 0.6) is 11.5 Å². The summed E-state index contributed by atoms with van der Waals surface area (Å²) in [7, 11) is 1.65. The third-order valence-electron chi connectivity index (χ3n) is 2.82. The molecule has 3 nitrogen and oxygen atoms in total. The second-order valence-corrected chi connectivity index (χ2v) is 4.16. The van der Waals surface area contributed by atoms with Gasteiger partial charge in [0.25, 0.3) is 0 Å². The molecule has 0 amide bonds. The van der Waals surface area contributed by atoms with E-state index in [0.717, 1.165) is 28.3 Å². The average Bonchev–Trinajstić information content (AvgIpc) is 2.41. The molecule has 3 heteroatoms. The van der Waals surface area contributed by atoms with E-state index in [0.29, 0.717) is 6.61 Å². The molecule has 0 atom stereocenters. The largest absolute Gasteiger partial charge is 0.497 e. The van der Waals surface area contributed by atoms with Gasteiger partial charge in [0, 0.05) is 11.8 Å². The minimum Gasteiger partial charge on any atom is -0.497 e. The maximum atomic E-state index is 5.83. The molecule has 0 aliphatic heterocycles. The maximum Gasteiger partial charge on any atom is 0.121 e. The first kappa shape index (κ1) is 12.3. The number of benzene rings is 2. The minimum atomic E-state index is 0.520. The summed E-state index contributed by atoms with van der Waals surface area (Å²) >= 11 is 0. The number of rotatable bonds is 4. The molecular weight excluding hydrogens is 226 g/mol. The maximum absolute atomic E-state index is 5.83. The third-order valence-corrected chi connectivity index (χ3v) is 2.82. The lowest BCUT2D eigenvalue weighted by atomic mass is 10.2. The Labute approximate surface area is 107 Å². The summed E-state index contributed by atoms with van der Waals surface area (Å²) in [5, 5.41) is 0. The molecule has 2 rings (SSSR count). The normalized spacial score (nSPS) is 10.1. The Morgan fingerprint density at radius 1 is 1.00 bits per heavy atom. The Morgan fingerprint density at radius 3 is 2.28 bits per heavy atom. The fourth-order valence-electron chi connectivity index (χ4n) is 1.60. The summed E-state index contributed by atoms with van der Waals surface area (Å²) in [4.78, 5) is 0. The first-order valence-electron chi connectivity index (χ1n) is 5.81. The lowest BCUT2D eigenvalue weighted by Gasteiger charge is -2.08. The molecule has 0 unspecified atom stereocenters. The predicted molar refractivity (Wildman–Crippen MR) is 72.9 cm³/mol. The Bertz CT molecular complexity index is 521. The van der Waals surface area contributed by atoms with Crippen molar-refractivity contribution in [1.29, 1.82) is 0 Å². The van der Waals surface area contributed by atoms with E-state index in [1.165, 1.54) is 0 Å². The molecule has 0 aliphatic rings. The lowest BCUT2D eigenvalue weighted by Crippen LogP contribution is -1.97. The number of hydrogen-bond acceptors (Lipinski definition) is 3. The van der Waals surface area contributed by atoms with E-state index in [9.17, 15) is 0 Å². The Balaban J connectivity index is 1.99. The van der Waals surface area contributed by atoms with Gasteiger partial charge in [0.15, 0.2) is 0 Å². The van der Waals surface area contributed by atoms with Crippen LogP contribution in [0.25, 0.3) is 0 Å². The van der Waals surface area contributed by atoms with Crippen molar-refractivity contribution < 1.29 is 9.47 Å². The minimum absolute atomic E-state index is 0.520. The molecule has 0 bridgehead atoms. The Kier molecular flexibility index (Phi) is 3.72. The zero-order valence-electron chi connectivity index (χ0n) is 10.6. The van der Waals surface area contributed by atoms with Crippen LogP contribution in [0.4, 0.5) is 5.69 Å². The van der Waals surface area contributed by atoms with Gasteiger partial charge in [-0.1, -0.05) is 18.2 Å². The molecule has 18 heavy (non-hydrogen) atoms. The second kappa shape index (κ2) is 5.45. The molecule has 0 aliphatic carbocycles. The highest BCUT2D eigenvalue weighted by Gasteiger charge is 1.99. The molecule has 0 saturated carbocycles. The number of ether oxygens (including phenoxy) is 2. The first-order chi connectivity index (χ1) is 8.69. The van der Waals surface area contributed by atoms with Gasteiger partial charge >= 0.3 is 0 Å². The summed E-state index contributed by atoms with van der Waals surface area (Å²) in [5.41, 5.74) is 8.74. The first-order valence-corrected chi connectivity index (χ1v) is 5.81. The van der Waals surface area contributed by atoms with Crippen molar-refractivity contribution in [3.8, 4) is 11.5 Å². The van der Waals surface area contributed by atoms with Crippen LogP contribution >= 0.6 is 0 Å². The molecule has 2 aromatic rings. The van der Waals surface area contributed by atoms with E-state index < -0.39 is 0 Å². The summed E-state index contributed by atoms with van der Waals surface area (Å²) in [6, 6.07) is 13.5. The summed E-state index contributed by atoms with van der Waals surface area (Å²) in [5.74, 6) is 1.63. The molecule has 0 spiro atoms. The van der Waals surface area contributed by atoms with Crippen LogP contribution in [0.15, 0.2) is 42.5 Å². The van der Waals surface area contributed by atoms with Gasteiger partial charge in [0.2, 0.25) is 0 Å². The number of nitrogen functional groups attached to an aromatic ring is 1. The van der Waals surface area contributed by atoms with Crippen molar-refractivity contribution in [1.82, 2.24) is 0 Å². The van der Waals surface area contributed by atoms with E-state index in [2.05, 4.69) is 0 Å². The number of anilines is 1. The SMILES string of the molecule is COc1ccc(COc2ccc(C)c(N)c2)cc1. The van der Waals surface area contributed by atoms with Gasteiger partial charge in [-0.15, -0.1) is 0 Å². The fraction of sp³-hybridized carbons (Fsp3) is 0.200. The smallest absolute Gasteiger partial charge is 0.121 e. The van der Waals surface area contributed by atoms with Gasteiger partial charge in [-0.3, -0.25) is 0 Å². The standard InChI is InChI=1S/C15H17NO2/c1-11-3-6-14(9-15(11)16)18-10-12-4-7-13(17-2)8-5-12/h3-9H,10,16H2,1-2H3. The van der Waals surface area contributed by atoms with Crippen LogP contribution in [0.3, 0.4) is 0 Å². The van der Waals surface area contributed by atoms with Gasteiger partial charge in [0.05, 0.1) is 7.11 Å². The monoisotopic (exact) mass is 243 g/mol. The van der Waals surface area contributed by atoms with Gasteiger partial charge < -0.3 is 15.2 Å². The van der Waals surface area contributed by atoms with E-state index >= 15 is 0 Å².